The summed E-state index contributed by atoms with van der Waals surface area (Å²) in [5, 5.41) is 6.00. The Bertz CT molecular complexity index is 461. The Kier molecular flexibility index (Phi) is 5.44. The predicted octanol–water partition coefficient (Wildman–Crippen LogP) is 2.85. The van der Waals surface area contributed by atoms with Crippen LogP contribution in [0.3, 0.4) is 0 Å². The highest BCUT2D eigenvalue weighted by Gasteiger charge is 2.12. The molecule has 18 heavy (non-hydrogen) atoms. The number of amides is 2. The van der Waals surface area contributed by atoms with E-state index in [-0.39, 0.29) is 18.4 Å². The molecule has 0 aliphatic carbocycles. The number of carbonyl (C=O) groups is 2. The molecule has 0 heterocycles. The third-order valence-corrected chi connectivity index (χ3v) is 2.54. The molecule has 1 aromatic carbocycles. The van der Waals surface area contributed by atoms with Crippen molar-refractivity contribution in [3.8, 4) is 0 Å². The molecular weight excluding hydrogens is 275 g/mol. The van der Waals surface area contributed by atoms with Gasteiger partial charge in [-0.3, -0.25) is 9.59 Å². The Labute approximate surface area is 116 Å². The molecule has 2 amide bonds. The topological polar surface area (TPSA) is 58.2 Å². The van der Waals surface area contributed by atoms with E-state index in [2.05, 4.69) is 10.6 Å². The quantitative estimate of drug-likeness (QED) is 0.837. The van der Waals surface area contributed by atoms with Crippen LogP contribution in [0.4, 0.5) is 5.69 Å². The van der Waals surface area contributed by atoms with Crippen LogP contribution in [0.15, 0.2) is 18.2 Å². The first-order valence-electron chi connectivity index (χ1n) is 5.42. The Morgan fingerprint density at radius 1 is 1.22 bits per heavy atom. The van der Waals surface area contributed by atoms with Crippen molar-refractivity contribution < 1.29 is 9.59 Å². The summed E-state index contributed by atoms with van der Waals surface area (Å²) < 4.78 is 0. The molecule has 2 N–H and O–H groups in total. The van der Waals surface area contributed by atoms with Crippen LogP contribution >= 0.6 is 23.2 Å². The smallest absolute Gasteiger partial charge is 0.233 e. The Morgan fingerprint density at radius 2 is 1.89 bits per heavy atom. The zero-order valence-corrected chi connectivity index (χ0v) is 11.6. The molecule has 0 saturated heterocycles. The van der Waals surface area contributed by atoms with Gasteiger partial charge in [0, 0.05) is 11.1 Å². The van der Waals surface area contributed by atoms with Crippen molar-refractivity contribution in [3.05, 3.63) is 28.2 Å². The summed E-state index contributed by atoms with van der Waals surface area (Å²) in [5.41, 5.74) is 0.395. The molecule has 0 aliphatic heterocycles. The maximum atomic E-state index is 11.6. The van der Waals surface area contributed by atoms with Gasteiger partial charge in [0.1, 0.15) is 6.42 Å². The summed E-state index contributed by atoms with van der Waals surface area (Å²) in [5.74, 6) is -0.766. The van der Waals surface area contributed by atoms with Gasteiger partial charge in [-0.2, -0.15) is 0 Å². The van der Waals surface area contributed by atoms with Gasteiger partial charge in [-0.15, -0.1) is 0 Å². The highest BCUT2D eigenvalue weighted by atomic mass is 35.5. The lowest BCUT2D eigenvalue weighted by atomic mass is 10.3. The molecule has 6 heteroatoms. The van der Waals surface area contributed by atoms with Gasteiger partial charge >= 0.3 is 0 Å². The molecule has 0 aromatic heterocycles. The summed E-state index contributed by atoms with van der Waals surface area (Å²) >= 11 is 11.7. The van der Waals surface area contributed by atoms with Crippen molar-refractivity contribution >= 4 is 40.7 Å². The summed E-state index contributed by atoms with van der Waals surface area (Å²) in [6.45, 7) is 3.65. The van der Waals surface area contributed by atoms with Crippen LogP contribution in [-0.2, 0) is 9.59 Å². The first-order chi connectivity index (χ1) is 8.38. The van der Waals surface area contributed by atoms with E-state index >= 15 is 0 Å². The third kappa shape index (κ3) is 4.94. The fraction of sp³-hybridized carbons (Fsp3) is 0.333. The lowest BCUT2D eigenvalue weighted by Crippen LogP contribution is -2.33. The number of nitrogens with one attached hydrogen (secondary N) is 2. The number of hydrogen-bond acceptors (Lipinski definition) is 2. The van der Waals surface area contributed by atoms with Crippen molar-refractivity contribution in [2.45, 2.75) is 26.3 Å². The van der Waals surface area contributed by atoms with Gasteiger partial charge in [-0.05, 0) is 32.0 Å². The number of anilines is 1. The van der Waals surface area contributed by atoms with Crippen molar-refractivity contribution in [2.75, 3.05) is 5.32 Å². The average molecular weight is 289 g/mol. The molecule has 0 fully saturated rings. The van der Waals surface area contributed by atoms with Crippen molar-refractivity contribution in [1.82, 2.24) is 5.32 Å². The fourth-order valence-electron chi connectivity index (χ4n) is 1.31. The predicted molar refractivity (Wildman–Crippen MR) is 73.0 cm³/mol. The van der Waals surface area contributed by atoms with E-state index in [0.717, 1.165) is 0 Å². The van der Waals surface area contributed by atoms with Crippen LogP contribution in [-0.4, -0.2) is 17.9 Å². The number of benzene rings is 1. The number of halogens is 2. The molecule has 1 rings (SSSR count). The van der Waals surface area contributed by atoms with Crippen molar-refractivity contribution in [3.63, 3.8) is 0 Å². The van der Waals surface area contributed by atoms with Crippen LogP contribution < -0.4 is 10.6 Å². The molecule has 0 atom stereocenters. The zero-order chi connectivity index (χ0) is 13.7. The second-order valence-corrected chi connectivity index (χ2v) is 4.91. The van der Waals surface area contributed by atoms with Gasteiger partial charge < -0.3 is 10.6 Å². The summed E-state index contributed by atoms with van der Waals surface area (Å²) in [4.78, 5) is 23.0. The van der Waals surface area contributed by atoms with E-state index in [4.69, 9.17) is 23.2 Å². The largest absolute Gasteiger partial charge is 0.353 e. The van der Waals surface area contributed by atoms with Crippen molar-refractivity contribution in [1.29, 1.82) is 0 Å². The molecule has 0 bridgehead atoms. The number of rotatable bonds is 4. The first-order valence-corrected chi connectivity index (χ1v) is 6.18. The van der Waals surface area contributed by atoms with Gasteiger partial charge in [0.25, 0.3) is 0 Å². The lowest BCUT2D eigenvalue weighted by Gasteiger charge is -2.09. The summed E-state index contributed by atoms with van der Waals surface area (Å²) in [6, 6.07) is 4.72. The van der Waals surface area contributed by atoms with E-state index in [0.29, 0.717) is 15.7 Å². The minimum atomic E-state index is -0.433. The highest BCUT2D eigenvalue weighted by Crippen LogP contribution is 2.25. The van der Waals surface area contributed by atoms with Crippen LogP contribution in [0.25, 0.3) is 0 Å². The number of carbonyl (C=O) groups excluding carboxylic acids is 2. The van der Waals surface area contributed by atoms with Crippen LogP contribution in [0, 0.1) is 0 Å². The van der Waals surface area contributed by atoms with Crippen LogP contribution in [0.5, 0.6) is 0 Å². The van der Waals surface area contributed by atoms with E-state index in [9.17, 15) is 9.59 Å². The fourth-order valence-corrected chi connectivity index (χ4v) is 1.64. The van der Waals surface area contributed by atoms with E-state index in [1.807, 2.05) is 13.8 Å². The van der Waals surface area contributed by atoms with E-state index < -0.39 is 5.91 Å². The highest BCUT2D eigenvalue weighted by molar-refractivity contribution is 6.35. The first kappa shape index (κ1) is 14.8. The molecule has 1 aromatic rings. The average Bonchev–Trinajstić information content (AvgIpc) is 2.21. The van der Waals surface area contributed by atoms with Gasteiger partial charge in [0.15, 0.2) is 0 Å². The number of hydrogen-bond donors (Lipinski definition) is 2. The zero-order valence-electron chi connectivity index (χ0n) is 10.1. The summed E-state index contributed by atoms with van der Waals surface area (Å²) in [7, 11) is 0. The second-order valence-electron chi connectivity index (χ2n) is 4.07. The Balaban J connectivity index is 2.59. The molecule has 0 saturated carbocycles. The Morgan fingerprint density at radius 3 is 2.50 bits per heavy atom. The minimum absolute atomic E-state index is 0.0000534. The third-order valence-electron chi connectivity index (χ3n) is 1.97. The minimum Gasteiger partial charge on any atom is -0.353 e. The van der Waals surface area contributed by atoms with Crippen molar-refractivity contribution in [2.24, 2.45) is 0 Å². The van der Waals surface area contributed by atoms with Crippen LogP contribution in [0.2, 0.25) is 10.0 Å². The normalized spacial score (nSPS) is 10.3. The molecule has 0 spiro atoms. The maximum absolute atomic E-state index is 11.6. The molecule has 98 valence electrons. The molecular formula is C12H14Cl2N2O2. The lowest BCUT2D eigenvalue weighted by molar-refractivity contribution is -0.127. The molecule has 0 radical (unpaired) electrons. The van der Waals surface area contributed by atoms with Gasteiger partial charge in [0.2, 0.25) is 11.8 Å². The van der Waals surface area contributed by atoms with Gasteiger partial charge in [-0.1, -0.05) is 23.2 Å². The van der Waals surface area contributed by atoms with Crippen LogP contribution in [0.1, 0.15) is 20.3 Å². The molecule has 4 nitrogen and oxygen atoms in total. The summed E-state index contributed by atoms with van der Waals surface area (Å²) in [6.07, 6.45) is -0.249. The van der Waals surface area contributed by atoms with E-state index in [1.54, 1.807) is 12.1 Å². The standard InChI is InChI=1S/C12H14Cl2N2O2/c1-7(2)15-11(17)6-12(18)16-10-5-8(13)3-4-9(10)14/h3-5,7H,6H2,1-2H3,(H,15,17)(H,16,18). The monoisotopic (exact) mass is 288 g/mol. The van der Waals surface area contributed by atoms with E-state index in [1.165, 1.54) is 6.07 Å². The maximum Gasteiger partial charge on any atom is 0.233 e. The Hall–Kier alpha value is -1.26. The van der Waals surface area contributed by atoms with Gasteiger partial charge in [-0.25, -0.2) is 0 Å². The van der Waals surface area contributed by atoms with Gasteiger partial charge in [0.05, 0.1) is 10.7 Å². The molecule has 0 aliphatic rings. The SMILES string of the molecule is CC(C)NC(=O)CC(=O)Nc1cc(Cl)ccc1Cl. The molecule has 0 unspecified atom stereocenters. The second kappa shape index (κ2) is 6.61.